The number of benzene rings is 1. The quantitative estimate of drug-likeness (QED) is 0.901. The average Bonchev–Trinajstić information content (AvgIpc) is 2.32. The summed E-state index contributed by atoms with van der Waals surface area (Å²) < 4.78 is 6.95. The molecule has 0 bridgehead atoms. The normalized spacial score (nSPS) is 25.8. The summed E-state index contributed by atoms with van der Waals surface area (Å²) in [6.07, 6.45) is 3.46. The van der Waals surface area contributed by atoms with Gasteiger partial charge in [0.1, 0.15) is 11.9 Å². The van der Waals surface area contributed by atoms with Crippen molar-refractivity contribution in [2.45, 2.75) is 50.9 Å². The Kier molecular flexibility index (Phi) is 4.65. The second-order valence-electron chi connectivity index (χ2n) is 4.98. The smallest absolute Gasteiger partial charge is 0.125 e. The van der Waals surface area contributed by atoms with Gasteiger partial charge in [-0.3, -0.25) is 0 Å². The fraction of sp³-hybridized carbons (Fsp3) is 0.571. The Morgan fingerprint density at radius 1 is 1.39 bits per heavy atom. The second kappa shape index (κ2) is 6.04. The van der Waals surface area contributed by atoms with E-state index < -0.39 is 0 Å². The van der Waals surface area contributed by atoms with E-state index in [0.29, 0.717) is 0 Å². The van der Waals surface area contributed by atoms with Crippen molar-refractivity contribution in [3.8, 4) is 5.75 Å². The number of nitrogens with two attached hydrogens (primary N) is 1. The molecule has 3 atom stereocenters. The summed E-state index contributed by atoms with van der Waals surface area (Å²) in [4.78, 5) is 0. The molecule has 0 heterocycles. The highest BCUT2D eigenvalue weighted by atomic mass is 79.9. The molecule has 0 aliphatic heterocycles. The molecule has 3 unspecified atom stereocenters. The Morgan fingerprint density at radius 3 is 2.78 bits per heavy atom. The minimum absolute atomic E-state index is 0.0752. The fourth-order valence-corrected chi connectivity index (χ4v) is 2.70. The molecule has 1 aromatic carbocycles. The highest BCUT2D eigenvalue weighted by molar-refractivity contribution is 9.10. The van der Waals surface area contributed by atoms with E-state index in [1.54, 1.807) is 0 Å². The fourth-order valence-electron chi connectivity index (χ4n) is 2.36. The van der Waals surface area contributed by atoms with Gasteiger partial charge in [-0.25, -0.2) is 0 Å². The molecule has 0 aromatic heterocycles. The Morgan fingerprint density at radius 2 is 2.11 bits per heavy atom. The molecule has 2 rings (SSSR count). The predicted octanol–water partition coefficient (Wildman–Crippen LogP) is 3.15. The number of ether oxygens (including phenoxy) is 1. The van der Waals surface area contributed by atoms with Gasteiger partial charge in [0.2, 0.25) is 0 Å². The number of hydrogen-bond donors (Lipinski definition) is 2. The molecule has 0 amide bonds. The van der Waals surface area contributed by atoms with Gasteiger partial charge < -0.3 is 15.6 Å². The molecule has 1 aromatic rings. The van der Waals surface area contributed by atoms with Gasteiger partial charge in [-0.1, -0.05) is 28.4 Å². The average molecular weight is 314 g/mol. The Labute approximate surface area is 116 Å². The van der Waals surface area contributed by atoms with Gasteiger partial charge >= 0.3 is 0 Å². The van der Waals surface area contributed by atoms with Crippen LogP contribution >= 0.6 is 15.9 Å². The largest absolute Gasteiger partial charge is 0.487 e. The van der Waals surface area contributed by atoms with Gasteiger partial charge in [-0.15, -0.1) is 0 Å². The van der Waals surface area contributed by atoms with E-state index in [1.807, 2.05) is 25.1 Å². The molecule has 1 fully saturated rings. The zero-order valence-corrected chi connectivity index (χ0v) is 12.2. The molecule has 1 saturated carbocycles. The standard InChI is InChI=1S/C14H20BrNO2/c1-9(16)11-7-6-10(15)8-14(11)18-13-5-3-2-4-12(13)17/h6-9,12-13,17H,2-5,16H2,1H3. The van der Waals surface area contributed by atoms with Crippen LogP contribution in [0.15, 0.2) is 22.7 Å². The summed E-state index contributed by atoms with van der Waals surface area (Å²) >= 11 is 3.44. The molecule has 1 aliphatic rings. The zero-order valence-electron chi connectivity index (χ0n) is 10.6. The minimum atomic E-state index is -0.362. The van der Waals surface area contributed by atoms with Crippen LogP contribution in [0.1, 0.15) is 44.2 Å². The van der Waals surface area contributed by atoms with E-state index in [1.165, 1.54) is 0 Å². The molecule has 0 radical (unpaired) electrons. The van der Waals surface area contributed by atoms with Crippen molar-refractivity contribution < 1.29 is 9.84 Å². The van der Waals surface area contributed by atoms with E-state index in [-0.39, 0.29) is 18.2 Å². The summed E-state index contributed by atoms with van der Waals surface area (Å²) in [5, 5.41) is 9.96. The lowest BCUT2D eigenvalue weighted by atomic mass is 9.94. The van der Waals surface area contributed by atoms with Gasteiger partial charge in [0.15, 0.2) is 0 Å². The summed E-state index contributed by atoms with van der Waals surface area (Å²) in [6, 6.07) is 5.79. The summed E-state index contributed by atoms with van der Waals surface area (Å²) in [5.74, 6) is 0.783. The van der Waals surface area contributed by atoms with E-state index in [0.717, 1.165) is 41.5 Å². The van der Waals surface area contributed by atoms with Crippen LogP contribution < -0.4 is 10.5 Å². The number of aliphatic hydroxyl groups excluding tert-OH is 1. The maximum atomic E-state index is 9.96. The van der Waals surface area contributed by atoms with Crippen molar-refractivity contribution in [2.24, 2.45) is 5.73 Å². The van der Waals surface area contributed by atoms with Crippen LogP contribution in [0.4, 0.5) is 0 Å². The van der Waals surface area contributed by atoms with Crippen LogP contribution in [0.2, 0.25) is 0 Å². The number of hydrogen-bond acceptors (Lipinski definition) is 3. The van der Waals surface area contributed by atoms with Crippen LogP contribution in [0.3, 0.4) is 0 Å². The molecule has 0 spiro atoms. The lowest BCUT2D eigenvalue weighted by molar-refractivity contribution is 0.00624. The van der Waals surface area contributed by atoms with Crippen molar-refractivity contribution in [2.75, 3.05) is 0 Å². The minimum Gasteiger partial charge on any atom is -0.487 e. The van der Waals surface area contributed by atoms with Crippen LogP contribution in [0, 0.1) is 0 Å². The molecule has 18 heavy (non-hydrogen) atoms. The zero-order chi connectivity index (χ0) is 13.1. The van der Waals surface area contributed by atoms with Crippen molar-refractivity contribution in [1.29, 1.82) is 0 Å². The third-order valence-electron chi connectivity index (χ3n) is 3.41. The van der Waals surface area contributed by atoms with Crippen LogP contribution in [-0.2, 0) is 0 Å². The Balaban J connectivity index is 2.18. The summed E-state index contributed by atoms with van der Waals surface area (Å²) in [5.41, 5.74) is 6.93. The van der Waals surface area contributed by atoms with Crippen molar-refractivity contribution in [3.63, 3.8) is 0 Å². The molecular weight excluding hydrogens is 294 g/mol. The van der Waals surface area contributed by atoms with E-state index in [9.17, 15) is 5.11 Å². The molecular formula is C14H20BrNO2. The van der Waals surface area contributed by atoms with Crippen molar-refractivity contribution >= 4 is 15.9 Å². The van der Waals surface area contributed by atoms with Gasteiger partial charge in [0.25, 0.3) is 0 Å². The first-order valence-corrected chi connectivity index (χ1v) is 7.27. The Hall–Kier alpha value is -0.580. The lowest BCUT2D eigenvalue weighted by Gasteiger charge is -2.29. The van der Waals surface area contributed by atoms with Gasteiger partial charge in [0.05, 0.1) is 6.10 Å². The van der Waals surface area contributed by atoms with Crippen LogP contribution in [-0.4, -0.2) is 17.3 Å². The molecule has 100 valence electrons. The first-order chi connectivity index (χ1) is 8.58. The summed E-state index contributed by atoms with van der Waals surface area (Å²) in [6.45, 7) is 1.94. The topological polar surface area (TPSA) is 55.5 Å². The van der Waals surface area contributed by atoms with E-state index in [2.05, 4.69) is 15.9 Å². The van der Waals surface area contributed by atoms with Crippen molar-refractivity contribution in [1.82, 2.24) is 0 Å². The number of aliphatic hydroxyl groups is 1. The molecule has 3 nitrogen and oxygen atoms in total. The molecule has 1 aliphatic carbocycles. The van der Waals surface area contributed by atoms with E-state index >= 15 is 0 Å². The third-order valence-corrected chi connectivity index (χ3v) is 3.91. The second-order valence-corrected chi connectivity index (χ2v) is 5.89. The van der Waals surface area contributed by atoms with E-state index in [4.69, 9.17) is 10.5 Å². The first-order valence-electron chi connectivity index (χ1n) is 6.47. The number of halogens is 1. The molecule has 4 heteroatoms. The highest BCUT2D eigenvalue weighted by Gasteiger charge is 2.25. The number of rotatable bonds is 3. The molecule has 0 saturated heterocycles. The monoisotopic (exact) mass is 313 g/mol. The van der Waals surface area contributed by atoms with Gasteiger partial charge in [0, 0.05) is 16.1 Å². The maximum absolute atomic E-state index is 9.96. The SMILES string of the molecule is CC(N)c1ccc(Br)cc1OC1CCCCC1O. The van der Waals surface area contributed by atoms with Gasteiger partial charge in [-0.05, 0) is 38.3 Å². The van der Waals surface area contributed by atoms with Gasteiger partial charge in [-0.2, -0.15) is 0 Å². The van der Waals surface area contributed by atoms with Crippen LogP contribution in [0.5, 0.6) is 5.75 Å². The molecule has 3 N–H and O–H groups in total. The third kappa shape index (κ3) is 3.25. The van der Waals surface area contributed by atoms with Crippen LogP contribution in [0.25, 0.3) is 0 Å². The van der Waals surface area contributed by atoms with Crippen molar-refractivity contribution in [3.05, 3.63) is 28.2 Å². The Bertz CT molecular complexity index is 409. The highest BCUT2D eigenvalue weighted by Crippen LogP contribution is 2.31. The summed E-state index contributed by atoms with van der Waals surface area (Å²) in [7, 11) is 0. The first kappa shape index (κ1) is 13.8. The maximum Gasteiger partial charge on any atom is 0.125 e. The lowest BCUT2D eigenvalue weighted by Crippen LogP contribution is -2.35. The predicted molar refractivity (Wildman–Crippen MR) is 75.6 cm³/mol.